The molecule has 2 atom stereocenters. The first-order chi connectivity index (χ1) is 11.1. The van der Waals surface area contributed by atoms with Gasteiger partial charge in [-0.3, -0.25) is 9.69 Å². The molecule has 0 aliphatic carbocycles. The summed E-state index contributed by atoms with van der Waals surface area (Å²) in [4.78, 5) is 14.9. The van der Waals surface area contributed by atoms with E-state index < -0.39 is 12.0 Å². The van der Waals surface area contributed by atoms with Gasteiger partial charge in [-0.2, -0.15) is 0 Å². The van der Waals surface area contributed by atoms with E-state index in [1.54, 1.807) is 23.5 Å². The van der Waals surface area contributed by atoms with Gasteiger partial charge < -0.3 is 5.11 Å². The molecule has 2 unspecified atom stereocenters. The third-order valence-corrected chi connectivity index (χ3v) is 5.47. The van der Waals surface area contributed by atoms with Crippen molar-refractivity contribution in [2.75, 3.05) is 6.54 Å². The molecule has 2 aromatic rings. The molecule has 1 aliphatic rings. The van der Waals surface area contributed by atoms with Gasteiger partial charge in [-0.05, 0) is 61.0 Å². The van der Waals surface area contributed by atoms with E-state index in [4.69, 9.17) is 0 Å². The average Bonchev–Trinajstić information content (AvgIpc) is 2.96. The Kier molecular flexibility index (Phi) is 4.78. The summed E-state index contributed by atoms with van der Waals surface area (Å²) >= 11 is 1.64. The summed E-state index contributed by atoms with van der Waals surface area (Å²) in [6.45, 7) is 2.78. The maximum Gasteiger partial charge on any atom is 0.320 e. The van der Waals surface area contributed by atoms with E-state index in [2.05, 4.69) is 16.3 Å². The fraction of sp³-hybridized carbons (Fsp3) is 0.389. The molecule has 0 saturated carbocycles. The summed E-state index contributed by atoms with van der Waals surface area (Å²) in [5, 5.41) is 11.7. The van der Waals surface area contributed by atoms with Crippen molar-refractivity contribution in [3.05, 3.63) is 57.5 Å². The number of likely N-dealkylation sites (tertiary alicyclic amines) is 1. The molecule has 3 nitrogen and oxygen atoms in total. The molecule has 0 bridgehead atoms. The zero-order valence-corrected chi connectivity index (χ0v) is 13.9. The first kappa shape index (κ1) is 16.1. The van der Waals surface area contributed by atoms with Crippen molar-refractivity contribution in [2.45, 2.75) is 38.3 Å². The summed E-state index contributed by atoms with van der Waals surface area (Å²) in [7, 11) is 0. The highest BCUT2D eigenvalue weighted by Gasteiger charge is 2.35. The zero-order chi connectivity index (χ0) is 16.4. The second-order valence-corrected chi connectivity index (χ2v) is 7.01. The van der Waals surface area contributed by atoms with Crippen LogP contribution in [0.4, 0.5) is 4.39 Å². The summed E-state index contributed by atoms with van der Waals surface area (Å²) in [5.41, 5.74) is 2.11. The standard InChI is InChI=1S/C18H20FNO2S/c1-12-10-16(23-11-12)17(13-5-7-14(19)8-6-13)20-9-3-2-4-15(20)18(21)22/h5-8,10-11,15,17H,2-4,9H2,1H3,(H,21,22). The molecular weight excluding hydrogens is 313 g/mol. The van der Waals surface area contributed by atoms with Crippen molar-refractivity contribution in [1.82, 2.24) is 4.90 Å². The van der Waals surface area contributed by atoms with E-state index in [-0.39, 0.29) is 11.9 Å². The number of thiophene rings is 1. The van der Waals surface area contributed by atoms with Crippen molar-refractivity contribution in [3.63, 3.8) is 0 Å². The lowest BCUT2D eigenvalue weighted by Gasteiger charge is -2.39. The molecule has 1 aliphatic heterocycles. The summed E-state index contributed by atoms with van der Waals surface area (Å²) < 4.78 is 13.3. The van der Waals surface area contributed by atoms with Gasteiger partial charge in [0, 0.05) is 4.88 Å². The Morgan fingerprint density at radius 2 is 2.09 bits per heavy atom. The predicted octanol–water partition coefficient (Wildman–Crippen LogP) is 4.22. The summed E-state index contributed by atoms with van der Waals surface area (Å²) in [6, 6.07) is 7.92. The van der Waals surface area contributed by atoms with E-state index >= 15 is 0 Å². The largest absolute Gasteiger partial charge is 0.480 e. The highest BCUT2D eigenvalue weighted by atomic mass is 32.1. The number of carbonyl (C=O) groups is 1. The van der Waals surface area contributed by atoms with E-state index in [1.165, 1.54) is 17.7 Å². The number of carboxylic acids is 1. The number of rotatable bonds is 4. The molecule has 1 N–H and O–H groups in total. The zero-order valence-electron chi connectivity index (χ0n) is 13.0. The smallest absolute Gasteiger partial charge is 0.320 e. The second-order valence-electron chi connectivity index (χ2n) is 6.07. The lowest BCUT2D eigenvalue weighted by Crippen LogP contribution is -2.46. The minimum absolute atomic E-state index is 0.129. The van der Waals surface area contributed by atoms with Gasteiger partial charge in [0.25, 0.3) is 0 Å². The number of benzene rings is 1. The third-order valence-electron chi connectivity index (χ3n) is 4.37. The van der Waals surface area contributed by atoms with Gasteiger partial charge in [-0.15, -0.1) is 11.3 Å². The minimum Gasteiger partial charge on any atom is -0.480 e. The van der Waals surface area contributed by atoms with E-state index in [0.717, 1.165) is 29.8 Å². The Bertz CT molecular complexity index is 683. The lowest BCUT2D eigenvalue weighted by molar-refractivity contribution is -0.145. The van der Waals surface area contributed by atoms with E-state index in [0.29, 0.717) is 6.42 Å². The SMILES string of the molecule is Cc1csc(C(c2ccc(F)cc2)N2CCCCC2C(=O)O)c1. The monoisotopic (exact) mass is 333 g/mol. The van der Waals surface area contributed by atoms with E-state index in [1.807, 2.05) is 6.92 Å². The molecule has 1 aromatic carbocycles. The van der Waals surface area contributed by atoms with Crippen molar-refractivity contribution in [2.24, 2.45) is 0 Å². The number of nitrogens with zero attached hydrogens (tertiary/aromatic N) is 1. The van der Waals surface area contributed by atoms with Crippen LogP contribution in [-0.4, -0.2) is 28.6 Å². The van der Waals surface area contributed by atoms with Crippen LogP contribution >= 0.6 is 11.3 Å². The third kappa shape index (κ3) is 3.46. The van der Waals surface area contributed by atoms with Crippen LogP contribution in [0.2, 0.25) is 0 Å². The van der Waals surface area contributed by atoms with Crippen molar-refractivity contribution in [1.29, 1.82) is 0 Å². The van der Waals surface area contributed by atoms with Crippen LogP contribution in [0.1, 0.15) is 41.3 Å². The lowest BCUT2D eigenvalue weighted by atomic mass is 9.95. The van der Waals surface area contributed by atoms with Gasteiger partial charge in [-0.25, -0.2) is 4.39 Å². The number of halogens is 1. The van der Waals surface area contributed by atoms with E-state index in [9.17, 15) is 14.3 Å². The molecule has 0 amide bonds. The Hall–Kier alpha value is -1.72. The normalized spacial score (nSPS) is 20.3. The highest BCUT2D eigenvalue weighted by molar-refractivity contribution is 7.10. The fourth-order valence-electron chi connectivity index (χ4n) is 3.29. The molecule has 1 fully saturated rings. The van der Waals surface area contributed by atoms with Gasteiger partial charge >= 0.3 is 5.97 Å². The summed E-state index contributed by atoms with van der Waals surface area (Å²) in [5.74, 6) is -1.05. The van der Waals surface area contributed by atoms with Crippen molar-refractivity contribution >= 4 is 17.3 Å². The van der Waals surface area contributed by atoms with Crippen LogP contribution in [0.5, 0.6) is 0 Å². The second kappa shape index (κ2) is 6.81. The molecule has 3 rings (SSSR count). The predicted molar refractivity (Wildman–Crippen MR) is 89.3 cm³/mol. The van der Waals surface area contributed by atoms with Gasteiger partial charge in [0.05, 0.1) is 6.04 Å². The topological polar surface area (TPSA) is 40.5 Å². The molecule has 1 aromatic heterocycles. The molecule has 5 heteroatoms. The van der Waals surface area contributed by atoms with Crippen LogP contribution in [0.3, 0.4) is 0 Å². The molecule has 2 heterocycles. The first-order valence-corrected chi connectivity index (χ1v) is 8.73. The molecular formula is C18H20FNO2S. The van der Waals surface area contributed by atoms with Gasteiger partial charge in [0.2, 0.25) is 0 Å². The molecule has 122 valence electrons. The number of aliphatic carboxylic acids is 1. The number of carboxylic acid groups (broad SMARTS) is 1. The molecule has 23 heavy (non-hydrogen) atoms. The van der Waals surface area contributed by atoms with Gasteiger partial charge in [0.1, 0.15) is 11.9 Å². The minimum atomic E-state index is -0.773. The fourth-order valence-corrected chi connectivity index (χ4v) is 4.33. The average molecular weight is 333 g/mol. The van der Waals surface area contributed by atoms with Crippen LogP contribution in [0.25, 0.3) is 0 Å². The summed E-state index contributed by atoms with van der Waals surface area (Å²) in [6.07, 6.45) is 2.59. The number of hydrogen-bond acceptors (Lipinski definition) is 3. The molecule has 0 radical (unpaired) electrons. The van der Waals surface area contributed by atoms with Gasteiger partial charge in [0.15, 0.2) is 0 Å². The van der Waals surface area contributed by atoms with Crippen LogP contribution in [-0.2, 0) is 4.79 Å². The Morgan fingerprint density at radius 1 is 1.35 bits per heavy atom. The maximum atomic E-state index is 13.3. The van der Waals surface area contributed by atoms with Crippen molar-refractivity contribution < 1.29 is 14.3 Å². The maximum absolute atomic E-state index is 13.3. The Balaban J connectivity index is 2.03. The first-order valence-electron chi connectivity index (χ1n) is 7.85. The Labute approximate surface area is 139 Å². The quantitative estimate of drug-likeness (QED) is 0.910. The molecule has 0 spiro atoms. The van der Waals surface area contributed by atoms with Crippen molar-refractivity contribution in [3.8, 4) is 0 Å². The Morgan fingerprint density at radius 3 is 2.70 bits per heavy atom. The van der Waals surface area contributed by atoms with Crippen LogP contribution < -0.4 is 0 Å². The highest BCUT2D eigenvalue weighted by Crippen LogP contribution is 2.37. The van der Waals surface area contributed by atoms with Crippen LogP contribution in [0.15, 0.2) is 35.7 Å². The number of hydrogen-bond donors (Lipinski definition) is 1. The molecule has 1 saturated heterocycles. The number of piperidine rings is 1. The van der Waals surface area contributed by atoms with Crippen LogP contribution in [0, 0.1) is 12.7 Å². The number of aryl methyl sites for hydroxylation is 1. The van der Waals surface area contributed by atoms with Gasteiger partial charge in [-0.1, -0.05) is 18.6 Å².